The molecule has 2 rings (SSSR count). The summed E-state index contributed by atoms with van der Waals surface area (Å²) in [6.45, 7) is 0.211. The lowest BCUT2D eigenvalue weighted by Gasteiger charge is -2.32. The summed E-state index contributed by atoms with van der Waals surface area (Å²) in [6, 6.07) is 3.41. The summed E-state index contributed by atoms with van der Waals surface area (Å²) in [5.74, 6) is -0.749. The zero-order chi connectivity index (χ0) is 14.9. The van der Waals surface area contributed by atoms with Crippen molar-refractivity contribution < 1.29 is 17.9 Å². The van der Waals surface area contributed by atoms with Gasteiger partial charge in [-0.05, 0) is 18.2 Å². The lowest BCUT2D eigenvalue weighted by Crippen LogP contribution is -2.54. The molecule has 1 aliphatic heterocycles. The third-order valence-corrected chi connectivity index (χ3v) is 5.77. The predicted molar refractivity (Wildman–Crippen MR) is 76.8 cm³/mol. The zero-order valence-electron chi connectivity index (χ0n) is 10.3. The van der Waals surface area contributed by atoms with Gasteiger partial charge in [0.05, 0.1) is 18.2 Å². The number of primary amides is 1. The highest BCUT2D eigenvalue weighted by molar-refractivity contribution is 9.10. The molecule has 110 valence electrons. The van der Waals surface area contributed by atoms with Crippen LogP contribution in [0.15, 0.2) is 27.6 Å². The Bertz CT molecular complexity index is 637. The number of hydrogen-bond acceptors (Lipinski definition) is 4. The van der Waals surface area contributed by atoms with Gasteiger partial charge in [0.2, 0.25) is 15.9 Å². The van der Waals surface area contributed by atoms with Gasteiger partial charge in [0.25, 0.3) is 0 Å². The van der Waals surface area contributed by atoms with Crippen LogP contribution in [0.3, 0.4) is 0 Å². The molecule has 1 heterocycles. The molecule has 9 heteroatoms. The van der Waals surface area contributed by atoms with E-state index >= 15 is 0 Å². The summed E-state index contributed by atoms with van der Waals surface area (Å²) in [6.07, 6.45) is 0. The van der Waals surface area contributed by atoms with Crippen LogP contribution in [0.25, 0.3) is 0 Å². The van der Waals surface area contributed by atoms with Gasteiger partial charge < -0.3 is 10.5 Å². The number of amides is 1. The standard InChI is InChI=1S/C11H12BrClN2O4S/c12-7-1-2-10(8(13)5-7)20(17,18)15-3-4-19-6-9(15)11(14)16/h1-2,5,9H,3-4,6H2,(H2,14,16). The summed E-state index contributed by atoms with van der Waals surface area (Å²) in [5, 5.41) is 0.0779. The van der Waals surface area contributed by atoms with Crippen LogP contribution in [0.4, 0.5) is 0 Å². The predicted octanol–water partition coefficient (Wildman–Crippen LogP) is 0.977. The smallest absolute Gasteiger partial charge is 0.245 e. The molecule has 0 spiro atoms. The van der Waals surface area contributed by atoms with E-state index in [2.05, 4.69) is 15.9 Å². The van der Waals surface area contributed by atoms with E-state index in [-0.39, 0.29) is 29.7 Å². The van der Waals surface area contributed by atoms with E-state index < -0.39 is 22.0 Å². The highest BCUT2D eigenvalue weighted by atomic mass is 79.9. The Balaban J connectivity index is 2.45. The molecule has 2 N–H and O–H groups in total. The van der Waals surface area contributed by atoms with Crippen LogP contribution >= 0.6 is 27.5 Å². The van der Waals surface area contributed by atoms with Gasteiger partial charge in [-0.3, -0.25) is 4.79 Å². The summed E-state index contributed by atoms with van der Waals surface area (Å²) >= 11 is 9.18. The summed E-state index contributed by atoms with van der Waals surface area (Å²) in [5.41, 5.74) is 5.23. The van der Waals surface area contributed by atoms with Crippen LogP contribution in [0, 0.1) is 0 Å². The first-order valence-electron chi connectivity index (χ1n) is 5.68. The number of nitrogens with two attached hydrogens (primary N) is 1. The van der Waals surface area contributed by atoms with Crippen molar-refractivity contribution in [3.8, 4) is 0 Å². The van der Waals surface area contributed by atoms with E-state index in [9.17, 15) is 13.2 Å². The Hall–Kier alpha value is -0.670. The van der Waals surface area contributed by atoms with Crippen LogP contribution in [-0.4, -0.2) is 44.4 Å². The van der Waals surface area contributed by atoms with E-state index in [4.69, 9.17) is 22.1 Å². The summed E-state index contributed by atoms with van der Waals surface area (Å²) < 4.78 is 32.0. The van der Waals surface area contributed by atoms with Gasteiger partial charge in [-0.25, -0.2) is 8.42 Å². The van der Waals surface area contributed by atoms with Gasteiger partial charge in [-0.15, -0.1) is 0 Å². The Labute approximate surface area is 130 Å². The highest BCUT2D eigenvalue weighted by Crippen LogP contribution is 2.29. The van der Waals surface area contributed by atoms with Crippen LogP contribution in [-0.2, 0) is 19.6 Å². The molecule has 0 radical (unpaired) electrons. The van der Waals surface area contributed by atoms with Crippen LogP contribution in [0.1, 0.15) is 0 Å². The SMILES string of the molecule is NC(=O)C1COCCN1S(=O)(=O)c1ccc(Br)cc1Cl. The van der Waals surface area contributed by atoms with E-state index in [1.807, 2.05) is 0 Å². The number of carbonyl (C=O) groups excluding carboxylic acids is 1. The Morgan fingerprint density at radius 3 is 2.80 bits per heavy atom. The quantitative estimate of drug-likeness (QED) is 0.842. The van der Waals surface area contributed by atoms with Gasteiger partial charge >= 0.3 is 0 Å². The third kappa shape index (κ3) is 2.99. The fourth-order valence-corrected chi connectivity index (χ4v) is 4.49. The molecule has 1 saturated heterocycles. The van der Waals surface area contributed by atoms with E-state index in [0.717, 1.165) is 4.31 Å². The number of sulfonamides is 1. The molecule has 0 bridgehead atoms. The monoisotopic (exact) mass is 382 g/mol. The minimum atomic E-state index is -3.90. The van der Waals surface area contributed by atoms with Crippen molar-refractivity contribution in [1.82, 2.24) is 4.31 Å². The lowest BCUT2D eigenvalue weighted by molar-refractivity contribution is -0.125. The van der Waals surface area contributed by atoms with Gasteiger partial charge in [-0.1, -0.05) is 27.5 Å². The molecule has 1 unspecified atom stereocenters. The molecule has 6 nitrogen and oxygen atoms in total. The molecular formula is C11H12BrClN2O4S. The van der Waals surface area contributed by atoms with Gasteiger partial charge in [0.15, 0.2) is 0 Å². The van der Waals surface area contributed by atoms with E-state index in [1.165, 1.54) is 12.1 Å². The third-order valence-electron chi connectivity index (χ3n) is 2.89. The average Bonchev–Trinajstić information content (AvgIpc) is 2.38. The molecule has 1 fully saturated rings. The van der Waals surface area contributed by atoms with Crippen molar-refractivity contribution >= 4 is 43.5 Å². The molecule has 1 aromatic rings. The topological polar surface area (TPSA) is 89.7 Å². The number of halogens is 2. The van der Waals surface area contributed by atoms with Gasteiger partial charge in [0.1, 0.15) is 10.9 Å². The highest BCUT2D eigenvalue weighted by Gasteiger charge is 2.38. The number of hydrogen-bond donors (Lipinski definition) is 1. The van der Waals surface area contributed by atoms with Crippen LogP contribution in [0.5, 0.6) is 0 Å². The maximum atomic E-state index is 12.6. The molecule has 1 aliphatic rings. The Kier molecular flexibility index (Phi) is 4.70. The second-order valence-electron chi connectivity index (χ2n) is 4.18. The summed E-state index contributed by atoms with van der Waals surface area (Å²) in [4.78, 5) is 11.3. The summed E-state index contributed by atoms with van der Waals surface area (Å²) in [7, 11) is -3.90. The number of rotatable bonds is 3. The second kappa shape index (κ2) is 5.98. The average molecular weight is 384 g/mol. The zero-order valence-corrected chi connectivity index (χ0v) is 13.4. The van der Waals surface area contributed by atoms with E-state index in [1.54, 1.807) is 6.07 Å². The van der Waals surface area contributed by atoms with Gasteiger partial charge in [0, 0.05) is 11.0 Å². The van der Waals surface area contributed by atoms with Crippen molar-refractivity contribution in [2.24, 2.45) is 5.73 Å². The molecular weight excluding hydrogens is 372 g/mol. The first-order valence-corrected chi connectivity index (χ1v) is 8.29. The fourth-order valence-electron chi connectivity index (χ4n) is 1.91. The number of benzene rings is 1. The molecule has 1 atom stereocenters. The normalized spacial score (nSPS) is 20.8. The maximum Gasteiger partial charge on any atom is 0.245 e. The first kappa shape index (κ1) is 15.7. The fraction of sp³-hybridized carbons (Fsp3) is 0.364. The van der Waals surface area contributed by atoms with Crippen molar-refractivity contribution in [3.05, 3.63) is 27.7 Å². The Morgan fingerprint density at radius 2 is 2.20 bits per heavy atom. The van der Waals surface area contributed by atoms with Crippen molar-refractivity contribution in [2.45, 2.75) is 10.9 Å². The lowest BCUT2D eigenvalue weighted by atomic mass is 10.3. The number of ether oxygens (including phenoxy) is 1. The van der Waals surface area contributed by atoms with Crippen molar-refractivity contribution in [1.29, 1.82) is 0 Å². The van der Waals surface area contributed by atoms with Crippen molar-refractivity contribution in [3.63, 3.8) is 0 Å². The number of carbonyl (C=O) groups is 1. The largest absolute Gasteiger partial charge is 0.378 e. The molecule has 0 aromatic heterocycles. The number of nitrogens with zero attached hydrogens (tertiary/aromatic N) is 1. The first-order chi connectivity index (χ1) is 9.34. The van der Waals surface area contributed by atoms with E-state index in [0.29, 0.717) is 4.47 Å². The molecule has 0 aliphatic carbocycles. The minimum absolute atomic E-state index is 0.0529. The second-order valence-corrected chi connectivity index (χ2v) is 7.37. The molecule has 0 saturated carbocycles. The van der Waals surface area contributed by atoms with Crippen LogP contribution < -0.4 is 5.73 Å². The van der Waals surface area contributed by atoms with Crippen LogP contribution in [0.2, 0.25) is 5.02 Å². The maximum absolute atomic E-state index is 12.6. The van der Waals surface area contributed by atoms with Gasteiger partial charge in [-0.2, -0.15) is 4.31 Å². The minimum Gasteiger partial charge on any atom is -0.378 e. The molecule has 20 heavy (non-hydrogen) atoms. The van der Waals surface area contributed by atoms with Crippen molar-refractivity contribution in [2.75, 3.05) is 19.8 Å². The molecule has 1 amide bonds. The number of morpholine rings is 1. The molecule has 1 aromatic carbocycles. The Morgan fingerprint density at radius 1 is 1.50 bits per heavy atom.